The van der Waals surface area contributed by atoms with Gasteiger partial charge in [-0.1, -0.05) is 19.8 Å². The predicted octanol–water partition coefficient (Wildman–Crippen LogP) is 3.98. The zero-order valence-corrected chi connectivity index (χ0v) is 11.1. The topological polar surface area (TPSA) is 29.5 Å². The van der Waals surface area contributed by atoms with Crippen LogP contribution < -0.4 is 4.74 Å². The quantitative estimate of drug-likeness (QED) is 0.821. The van der Waals surface area contributed by atoms with E-state index in [1.165, 1.54) is 25.0 Å². The summed E-state index contributed by atoms with van der Waals surface area (Å²) < 4.78 is 19.1. The smallest absolute Gasteiger partial charge is 0.126 e. The Morgan fingerprint density at radius 2 is 2.22 bits per heavy atom. The standard InChI is InChI=1S/C15H21FO2/c1-3-4-5-8-15(2)10-13(17)12-9-11(16)6-7-14(12)18-15/h6-7,9,13,17H,3-5,8,10H2,1-2H3. The molecule has 0 aliphatic carbocycles. The number of hydrogen-bond donors (Lipinski definition) is 1. The van der Waals surface area contributed by atoms with Crippen molar-refractivity contribution in [2.75, 3.05) is 0 Å². The number of hydrogen-bond acceptors (Lipinski definition) is 2. The van der Waals surface area contributed by atoms with Gasteiger partial charge in [0, 0.05) is 12.0 Å². The van der Waals surface area contributed by atoms with Crippen LogP contribution in [0.3, 0.4) is 0 Å². The van der Waals surface area contributed by atoms with Gasteiger partial charge in [0.25, 0.3) is 0 Å². The number of ether oxygens (including phenoxy) is 1. The fourth-order valence-corrected chi connectivity index (χ4v) is 2.60. The van der Waals surface area contributed by atoms with E-state index in [1.54, 1.807) is 6.07 Å². The average molecular weight is 252 g/mol. The fraction of sp³-hybridized carbons (Fsp3) is 0.600. The van der Waals surface area contributed by atoms with Crippen LogP contribution >= 0.6 is 0 Å². The van der Waals surface area contributed by atoms with Crippen molar-refractivity contribution in [1.82, 2.24) is 0 Å². The molecule has 0 spiro atoms. The minimum absolute atomic E-state index is 0.328. The molecule has 0 radical (unpaired) electrons. The average Bonchev–Trinajstić information content (AvgIpc) is 2.31. The molecule has 0 amide bonds. The Morgan fingerprint density at radius 3 is 2.94 bits per heavy atom. The van der Waals surface area contributed by atoms with Crippen molar-refractivity contribution in [2.24, 2.45) is 0 Å². The second-order valence-electron chi connectivity index (χ2n) is 5.41. The largest absolute Gasteiger partial charge is 0.487 e. The monoisotopic (exact) mass is 252 g/mol. The summed E-state index contributed by atoms with van der Waals surface area (Å²) >= 11 is 0. The molecule has 1 aromatic rings. The third-order valence-electron chi connectivity index (χ3n) is 3.62. The summed E-state index contributed by atoms with van der Waals surface area (Å²) in [5, 5.41) is 10.1. The Bertz CT molecular complexity index is 419. The number of aliphatic hydroxyl groups is 1. The Morgan fingerprint density at radius 1 is 1.44 bits per heavy atom. The van der Waals surface area contributed by atoms with Crippen LogP contribution in [0.15, 0.2) is 18.2 Å². The molecule has 2 atom stereocenters. The van der Waals surface area contributed by atoms with Gasteiger partial charge in [-0.05, 0) is 38.0 Å². The van der Waals surface area contributed by atoms with E-state index >= 15 is 0 Å². The third kappa shape index (κ3) is 2.83. The molecule has 1 heterocycles. The lowest BCUT2D eigenvalue weighted by Gasteiger charge is -2.38. The molecule has 0 saturated heterocycles. The molecule has 18 heavy (non-hydrogen) atoms. The van der Waals surface area contributed by atoms with Crippen LogP contribution in [0, 0.1) is 5.82 Å². The van der Waals surface area contributed by atoms with Crippen molar-refractivity contribution in [2.45, 2.75) is 57.7 Å². The van der Waals surface area contributed by atoms with Gasteiger partial charge in [0.2, 0.25) is 0 Å². The summed E-state index contributed by atoms with van der Waals surface area (Å²) in [6.45, 7) is 4.19. The van der Waals surface area contributed by atoms with Crippen LogP contribution in [0.4, 0.5) is 4.39 Å². The fourth-order valence-electron chi connectivity index (χ4n) is 2.60. The van der Waals surface area contributed by atoms with E-state index in [-0.39, 0.29) is 11.4 Å². The molecule has 0 aromatic heterocycles. The van der Waals surface area contributed by atoms with Gasteiger partial charge in [0.15, 0.2) is 0 Å². The highest BCUT2D eigenvalue weighted by Crippen LogP contribution is 2.41. The van der Waals surface area contributed by atoms with Gasteiger partial charge in [-0.2, -0.15) is 0 Å². The van der Waals surface area contributed by atoms with Gasteiger partial charge >= 0.3 is 0 Å². The summed E-state index contributed by atoms with van der Waals surface area (Å²) in [4.78, 5) is 0. The molecule has 1 N–H and O–H groups in total. The SMILES string of the molecule is CCCCCC1(C)CC(O)c2cc(F)ccc2O1. The first kappa shape index (κ1) is 13.3. The normalized spacial score (nSPS) is 26.6. The predicted molar refractivity (Wildman–Crippen MR) is 69.2 cm³/mol. The third-order valence-corrected chi connectivity index (χ3v) is 3.62. The molecule has 2 unspecified atom stereocenters. The number of benzene rings is 1. The van der Waals surface area contributed by atoms with Crippen LogP contribution in [0.2, 0.25) is 0 Å². The van der Waals surface area contributed by atoms with Crippen LogP contribution in [-0.2, 0) is 0 Å². The molecule has 1 aliphatic rings. The number of fused-ring (bicyclic) bond motifs is 1. The summed E-state index contributed by atoms with van der Waals surface area (Å²) in [6.07, 6.45) is 4.26. The van der Waals surface area contributed by atoms with Crippen LogP contribution in [0.5, 0.6) is 5.75 Å². The molecule has 1 aliphatic heterocycles. The number of aliphatic hydroxyl groups excluding tert-OH is 1. The Hall–Kier alpha value is -1.09. The maximum absolute atomic E-state index is 13.1. The zero-order valence-electron chi connectivity index (χ0n) is 11.1. The van der Waals surface area contributed by atoms with Gasteiger partial charge in [0.05, 0.1) is 6.10 Å². The minimum atomic E-state index is -0.629. The van der Waals surface area contributed by atoms with E-state index < -0.39 is 6.10 Å². The van der Waals surface area contributed by atoms with Gasteiger partial charge in [-0.15, -0.1) is 0 Å². The lowest BCUT2D eigenvalue weighted by atomic mass is 9.86. The number of halogens is 1. The van der Waals surface area contributed by atoms with Crippen molar-refractivity contribution in [1.29, 1.82) is 0 Å². The molecule has 0 saturated carbocycles. The Balaban J connectivity index is 2.14. The molecule has 2 nitrogen and oxygen atoms in total. The molecular formula is C15H21FO2. The van der Waals surface area contributed by atoms with Crippen LogP contribution in [0.1, 0.15) is 57.6 Å². The first-order valence-electron chi connectivity index (χ1n) is 6.70. The highest BCUT2D eigenvalue weighted by atomic mass is 19.1. The Kier molecular flexibility index (Phi) is 3.91. The van der Waals surface area contributed by atoms with Gasteiger partial charge < -0.3 is 9.84 Å². The van der Waals surface area contributed by atoms with Crippen molar-refractivity contribution in [3.05, 3.63) is 29.6 Å². The summed E-state index contributed by atoms with van der Waals surface area (Å²) in [5.41, 5.74) is 0.238. The van der Waals surface area contributed by atoms with Crippen LogP contribution in [0.25, 0.3) is 0 Å². The van der Waals surface area contributed by atoms with Gasteiger partial charge in [-0.25, -0.2) is 4.39 Å². The molecular weight excluding hydrogens is 231 g/mol. The number of unbranched alkanes of at least 4 members (excludes halogenated alkanes) is 2. The first-order chi connectivity index (χ1) is 8.54. The maximum atomic E-state index is 13.1. The highest BCUT2D eigenvalue weighted by molar-refractivity contribution is 5.38. The molecule has 2 rings (SSSR count). The number of rotatable bonds is 4. The van der Waals surface area contributed by atoms with E-state index in [4.69, 9.17) is 4.74 Å². The van der Waals surface area contributed by atoms with Crippen molar-refractivity contribution in [3.63, 3.8) is 0 Å². The van der Waals surface area contributed by atoms with E-state index in [2.05, 4.69) is 6.92 Å². The van der Waals surface area contributed by atoms with E-state index in [1.807, 2.05) is 6.92 Å². The molecule has 0 fully saturated rings. The van der Waals surface area contributed by atoms with E-state index in [0.717, 1.165) is 12.8 Å². The van der Waals surface area contributed by atoms with Crippen molar-refractivity contribution >= 4 is 0 Å². The second-order valence-corrected chi connectivity index (χ2v) is 5.41. The lowest BCUT2D eigenvalue weighted by molar-refractivity contribution is -0.00867. The second kappa shape index (κ2) is 5.27. The van der Waals surface area contributed by atoms with Crippen LogP contribution in [-0.4, -0.2) is 10.7 Å². The van der Waals surface area contributed by atoms with E-state index in [0.29, 0.717) is 17.7 Å². The summed E-state index contributed by atoms with van der Waals surface area (Å²) in [7, 11) is 0. The van der Waals surface area contributed by atoms with Crippen molar-refractivity contribution in [3.8, 4) is 5.75 Å². The molecule has 100 valence electrons. The highest BCUT2D eigenvalue weighted by Gasteiger charge is 2.36. The van der Waals surface area contributed by atoms with E-state index in [9.17, 15) is 9.50 Å². The Labute approximate surface area is 108 Å². The first-order valence-corrected chi connectivity index (χ1v) is 6.70. The molecule has 0 bridgehead atoms. The minimum Gasteiger partial charge on any atom is -0.487 e. The lowest BCUT2D eigenvalue weighted by Crippen LogP contribution is -2.38. The summed E-state index contributed by atoms with van der Waals surface area (Å²) in [5.74, 6) is 0.292. The van der Waals surface area contributed by atoms with Crippen molar-refractivity contribution < 1.29 is 14.2 Å². The molecule has 3 heteroatoms. The summed E-state index contributed by atoms with van der Waals surface area (Å²) in [6, 6.07) is 4.36. The van der Waals surface area contributed by atoms with Gasteiger partial charge in [0.1, 0.15) is 17.2 Å². The maximum Gasteiger partial charge on any atom is 0.126 e. The zero-order chi connectivity index (χ0) is 13.2. The molecule has 1 aromatic carbocycles. The van der Waals surface area contributed by atoms with Gasteiger partial charge in [-0.3, -0.25) is 0 Å².